The molecule has 1 aliphatic rings. The second-order valence-electron chi connectivity index (χ2n) is 4.69. The van der Waals surface area contributed by atoms with Crippen LogP contribution in [0.2, 0.25) is 0 Å². The van der Waals surface area contributed by atoms with Crippen molar-refractivity contribution in [1.29, 1.82) is 0 Å². The lowest BCUT2D eigenvalue weighted by molar-refractivity contribution is 0.0504. The molecule has 1 aromatic heterocycles. The van der Waals surface area contributed by atoms with Gasteiger partial charge in [-0.3, -0.25) is 4.79 Å². The minimum atomic E-state index is 0.0472. The Hall–Kier alpha value is -0.900. The molecule has 0 N–H and O–H groups in total. The Labute approximate surface area is 110 Å². The maximum Gasteiger partial charge on any atom is 0.272 e. The molecule has 2 heterocycles. The standard InChI is InChI=1S/C13H17BrN2O/c1-9-5-3-6-10(2)16(9)13(17)11-7-4-8-12(14)15-11/h4,7-10H,3,5-6H2,1-2H3. The van der Waals surface area contributed by atoms with Gasteiger partial charge in [-0.15, -0.1) is 0 Å². The molecule has 0 spiro atoms. The number of likely N-dealkylation sites (tertiary alicyclic amines) is 1. The van der Waals surface area contributed by atoms with Crippen LogP contribution in [0.3, 0.4) is 0 Å². The van der Waals surface area contributed by atoms with Crippen LogP contribution < -0.4 is 0 Å². The molecule has 1 amide bonds. The van der Waals surface area contributed by atoms with Gasteiger partial charge in [0.05, 0.1) is 0 Å². The van der Waals surface area contributed by atoms with E-state index < -0.39 is 0 Å². The van der Waals surface area contributed by atoms with Gasteiger partial charge in [0.15, 0.2) is 0 Å². The monoisotopic (exact) mass is 296 g/mol. The van der Waals surface area contributed by atoms with E-state index in [4.69, 9.17) is 0 Å². The van der Waals surface area contributed by atoms with Crippen molar-refractivity contribution in [2.45, 2.75) is 45.2 Å². The molecule has 1 saturated heterocycles. The van der Waals surface area contributed by atoms with Crippen LogP contribution in [-0.2, 0) is 0 Å². The number of halogens is 1. The predicted octanol–water partition coefficient (Wildman–Crippen LogP) is 3.25. The third-order valence-electron chi connectivity index (χ3n) is 3.36. The Morgan fingerprint density at radius 1 is 1.35 bits per heavy atom. The molecular weight excluding hydrogens is 280 g/mol. The molecule has 4 heteroatoms. The molecule has 0 aliphatic carbocycles. The van der Waals surface area contributed by atoms with E-state index in [0.717, 1.165) is 12.8 Å². The summed E-state index contributed by atoms with van der Waals surface area (Å²) in [6.07, 6.45) is 3.38. The van der Waals surface area contributed by atoms with E-state index >= 15 is 0 Å². The topological polar surface area (TPSA) is 33.2 Å². The SMILES string of the molecule is CC1CCCC(C)N1C(=O)c1cccc(Br)n1. The van der Waals surface area contributed by atoms with Gasteiger partial charge >= 0.3 is 0 Å². The van der Waals surface area contributed by atoms with Crippen LogP contribution in [-0.4, -0.2) is 27.9 Å². The fourth-order valence-electron chi connectivity index (χ4n) is 2.48. The quantitative estimate of drug-likeness (QED) is 0.746. The minimum absolute atomic E-state index is 0.0472. The van der Waals surface area contributed by atoms with Crippen LogP contribution in [0.25, 0.3) is 0 Å². The largest absolute Gasteiger partial charge is 0.332 e. The van der Waals surface area contributed by atoms with E-state index in [9.17, 15) is 4.79 Å². The summed E-state index contributed by atoms with van der Waals surface area (Å²) >= 11 is 3.30. The maximum absolute atomic E-state index is 12.4. The van der Waals surface area contributed by atoms with Crippen LogP contribution >= 0.6 is 15.9 Å². The zero-order valence-corrected chi connectivity index (χ0v) is 11.8. The van der Waals surface area contributed by atoms with Crippen molar-refractivity contribution in [2.75, 3.05) is 0 Å². The van der Waals surface area contributed by atoms with Crippen molar-refractivity contribution in [3.05, 3.63) is 28.5 Å². The first-order chi connectivity index (χ1) is 8.09. The number of carbonyl (C=O) groups is 1. The lowest BCUT2D eigenvalue weighted by atomic mass is 9.97. The molecule has 2 rings (SSSR count). The molecule has 2 unspecified atom stereocenters. The number of hydrogen-bond acceptors (Lipinski definition) is 2. The molecule has 0 radical (unpaired) electrons. The van der Waals surface area contributed by atoms with Crippen molar-refractivity contribution >= 4 is 21.8 Å². The second kappa shape index (κ2) is 5.17. The lowest BCUT2D eigenvalue weighted by Crippen LogP contribution is -2.47. The van der Waals surface area contributed by atoms with Gasteiger partial charge in [0.1, 0.15) is 10.3 Å². The van der Waals surface area contributed by atoms with Gasteiger partial charge in [-0.05, 0) is 61.2 Å². The summed E-state index contributed by atoms with van der Waals surface area (Å²) in [5.74, 6) is 0.0472. The van der Waals surface area contributed by atoms with Crippen LogP contribution in [0.15, 0.2) is 22.8 Å². The fourth-order valence-corrected chi connectivity index (χ4v) is 2.82. The van der Waals surface area contributed by atoms with Gasteiger partial charge in [-0.2, -0.15) is 0 Å². The van der Waals surface area contributed by atoms with Gasteiger partial charge in [0.25, 0.3) is 5.91 Å². The second-order valence-corrected chi connectivity index (χ2v) is 5.50. The van der Waals surface area contributed by atoms with Gasteiger partial charge in [-0.25, -0.2) is 4.98 Å². The van der Waals surface area contributed by atoms with Crippen LogP contribution in [0.5, 0.6) is 0 Å². The predicted molar refractivity (Wildman–Crippen MR) is 70.9 cm³/mol. The Morgan fingerprint density at radius 2 is 2.00 bits per heavy atom. The zero-order chi connectivity index (χ0) is 12.4. The highest BCUT2D eigenvalue weighted by Crippen LogP contribution is 2.24. The van der Waals surface area contributed by atoms with Gasteiger partial charge in [0.2, 0.25) is 0 Å². The molecular formula is C13H17BrN2O. The van der Waals surface area contributed by atoms with Gasteiger partial charge in [0, 0.05) is 12.1 Å². The Kier molecular flexibility index (Phi) is 3.82. The third kappa shape index (κ3) is 2.68. The normalized spacial score (nSPS) is 24.8. The van der Waals surface area contributed by atoms with Crippen molar-refractivity contribution in [3.63, 3.8) is 0 Å². The summed E-state index contributed by atoms with van der Waals surface area (Å²) in [6.45, 7) is 4.23. The molecule has 1 aliphatic heterocycles. The number of nitrogens with zero attached hydrogens (tertiary/aromatic N) is 2. The van der Waals surface area contributed by atoms with Crippen molar-refractivity contribution in [3.8, 4) is 0 Å². The van der Waals surface area contributed by atoms with E-state index in [-0.39, 0.29) is 5.91 Å². The van der Waals surface area contributed by atoms with Crippen LogP contribution in [0.1, 0.15) is 43.6 Å². The first kappa shape index (κ1) is 12.6. The smallest absolute Gasteiger partial charge is 0.272 e. The van der Waals surface area contributed by atoms with Crippen molar-refractivity contribution < 1.29 is 4.79 Å². The maximum atomic E-state index is 12.4. The molecule has 3 nitrogen and oxygen atoms in total. The summed E-state index contributed by atoms with van der Waals surface area (Å²) in [7, 11) is 0. The van der Waals surface area contributed by atoms with Crippen LogP contribution in [0.4, 0.5) is 0 Å². The van der Waals surface area contributed by atoms with E-state index in [1.54, 1.807) is 6.07 Å². The average Bonchev–Trinajstić information content (AvgIpc) is 2.28. The van der Waals surface area contributed by atoms with E-state index in [0.29, 0.717) is 22.4 Å². The number of aromatic nitrogens is 1. The Balaban J connectivity index is 2.24. The summed E-state index contributed by atoms with van der Waals surface area (Å²) in [4.78, 5) is 18.6. The summed E-state index contributed by atoms with van der Waals surface area (Å²) < 4.78 is 0.709. The first-order valence-corrected chi connectivity index (χ1v) is 6.84. The van der Waals surface area contributed by atoms with Crippen molar-refractivity contribution in [1.82, 2.24) is 9.88 Å². The van der Waals surface area contributed by atoms with Gasteiger partial charge < -0.3 is 4.90 Å². The number of rotatable bonds is 1. The summed E-state index contributed by atoms with van der Waals surface area (Å²) in [6, 6.07) is 6.09. The van der Waals surface area contributed by atoms with Crippen LogP contribution in [0, 0.1) is 0 Å². The van der Waals surface area contributed by atoms with E-state index in [2.05, 4.69) is 34.8 Å². The molecule has 1 aromatic rings. The average molecular weight is 297 g/mol. The van der Waals surface area contributed by atoms with Gasteiger partial charge in [-0.1, -0.05) is 6.07 Å². The molecule has 0 saturated carbocycles. The highest BCUT2D eigenvalue weighted by atomic mass is 79.9. The number of carbonyl (C=O) groups excluding carboxylic acids is 1. The number of pyridine rings is 1. The molecule has 17 heavy (non-hydrogen) atoms. The number of hydrogen-bond donors (Lipinski definition) is 0. The fraction of sp³-hybridized carbons (Fsp3) is 0.538. The minimum Gasteiger partial charge on any atom is -0.332 e. The zero-order valence-electron chi connectivity index (χ0n) is 10.2. The molecule has 92 valence electrons. The highest BCUT2D eigenvalue weighted by Gasteiger charge is 2.30. The molecule has 2 atom stereocenters. The molecule has 0 bridgehead atoms. The highest BCUT2D eigenvalue weighted by molar-refractivity contribution is 9.10. The molecule has 0 aromatic carbocycles. The lowest BCUT2D eigenvalue weighted by Gasteiger charge is -2.38. The summed E-state index contributed by atoms with van der Waals surface area (Å²) in [5, 5.41) is 0. The van der Waals surface area contributed by atoms with E-state index in [1.165, 1.54) is 6.42 Å². The van der Waals surface area contributed by atoms with E-state index in [1.807, 2.05) is 17.0 Å². The first-order valence-electron chi connectivity index (χ1n) is 6.05. The summed E-state index contributed by atoms with van der Waals surface area (Å²) in [5.41, 5.74) is 0.528. The molecule has 1 fully saturated rings. The third-order valence-corrected chi connectivity index (χ3v) is 3.80. The number of amides is 1. The number of piperidine rings is 1. The van der Waals surface area contributed by atoms with Crippen molar-refractivity contribution in [2.24, 2.45) is 0 Å². The Bertz CT molecular complexity index is 412. The Morgan fingerprint density at radius 3 is 2.59 bits per heavy atom.